The Hall–Kier alpha value is -2.96. The number of nitrogens with zero attached hydrogens (tertiary/aromatic N) is 3. The number of urea groups is 1. The van der Waals surface area contributed by atoms with Gasteiger partial charge < -0.3 is 19.9 Å². The lowest BCUT2D eigenvalue weighted by molar-refractivity contribution is 0.119. The van der Waals surface area contributed by atoms with Crippen LogP contribution in [0.15, 0.2) is 48.5 Å². The fourth-order valence-corrected chi connectivity index (χ4v) is 4.59. The van der Waals surface area contributed by atoms with Gasteiger partial charge in [0.05, 0.1) is 30.0 Å². The van der Waals surface area contributed by atoms with Crippen molar-refractivity contribution in [1.82, 2.24) is 20.0 Å². The van der Waals surface area contributed by atoms with Crippen LogP contribution in [-0.2, 0) is 4.74 Å². The molecule has 1 saturated heterocycles. The largest absolute Gasteiger partial charge is 0.474 e. The van der Waals surface area contributed by atoms with Gasteiger partial charge in [-0.1, -0.05) is 18.2 Å². The van der Waals surface area contributed by atoms with Crippen LogP contribution in [-0.4, -0.2) is 77.9 Å². The lowest BCUT2D eigenvalue weighted by atomic mass is 9.94. The first-order chi connectivity index (χ1) is 18.2. The number of nitrogens with one attached hydrogen (secondary N) is 2. The third kappa shape index (κ3) is 8.28. The number of hydrogen-bond acceptors (Lipinski definition) is 6. The number of aromatic nitrogens is 2. The minimum absolute atomic E-state index is 0. The standard InChI is InChI=1S/C27H33F2N5O4.2ClH/c1-17(35)16-38-26-18(2)25(34(32-26)22-7-5-4-6-8-22)31-27(36)30-24-15-33(9-10-37-3)14-23(24)19-11-20(28)13-21(29)12-19;;/h4-8,11-13,17,23-24,35H,9-10,14-16H2,1-3H3,(H2,30,31,36);2*1H/t17?,23-,24+;;/m0../s1. The van der Waals surface area contributed by atoms with Crippen molar-refractivity contribution >= 4 is 36.7 Å². The summed E-state index contributed by atoms with van der Waals surface area (Å²) in [5, 5.41) is 20.0. The molecule has 3 N–H and O–H groups in total. The summed E-state index contributed by atoms with van der Waals surface area (Å²) in [6, 6.07) is 11.8. The molecule has 1 aliphatic rings. The number of aliphatic hydroxyl groups is 1. The molecule has 220 valence electrons. The van der Waals surface area contributed by atoms with E-state index in [4.69, 9.17) is 9.47 Å². The lowest BCUT2D eigenvalue weighted by Crippen LogP contribution is -2.42. The summed E-state index contributed by atoms with van der Waals surface area (Å²) in [4.78, 5) is 15.4. The van der Waals surface area contributed by atoms with Crippen LogP contribution >= 0.6 is 24.8 Å². The van der Waals surface area contributed by atoms with Crippen molar-refractivity contribution < 1.29 is 28.2 Å². The van der Waals surface area contributed by atoms with Crippen LogP contribution in [0, 0.1) is 18.6 Å². The van der Waals surface area contributed by atoms with E-state index in [9.17, 15) is 18.7 Å². The number of ether oxygens (including phenoxy) is 2. The van der Waals surface area contributed by atoms with E-state index in [1.54, 1.807) is 25.6 Å². The van der Waals surface area contributed by atoms with E-state index >= 15 is 0 Å². The molecule has 0 aliphatic carbocycles. The summed E-state index contributed by atoms with van der Waals surface area (Å²) in [5.74, 6) is -0.967. The summed E-state index contributed by atoms with van der Waals surface area (Å²) in [6.45, 7) is 5.52. The van der Waals surface area contributed by atoms with Gasteiger partial charge in [0.15, 0.2) is 0 Å². The van der Waals surface area contributed by atoms with Crippen LogP contribution in [0.5, 0.6) is 5.88 Å². The first-order valence-electron chi connectivity index (χ1n) is 12.5. The van der Waals surface area contributed by atoms with E-state index in [1.807, 2.05) is 30.3 Å². The number of likely N-dealkylation sites (tertiary alicyclic amines) is 1. The highest BCUT2D eigenvalue weighted by Gasteiger charge is 2.35. The van der Waals surface area contributed by atoms with Gasteiger partial charge >= 0.3 is 6.03 Å². The van der Waals surface area contributed by atoms with Crippen molar-refractivity contribution in [3.8, 4) is 11.6 Å². The van der Waals surface area contributed by atoms with Gasteiger partial charge in [-0.25, -0.2) is 18.3 Å². The second-order valence-electron chi connectivity index (χ2n) is 9.45. The smallest absolute Gasteiger partial charge is 0.320 e. The number of carbonyl (C=O) groups excluding carboxylic acids is 1. The predicted octanol–water partition coefficient (Wildman–Crippen LogP) is 4.30. The van der Waals surface area contributed by atoms with Gasteiger partial charge in [0, 0.05) is 38.7 Å². The van der Waals surface area contributed by atoms with Gasteiger partial charge in [-0.15, -0.1) is 29.9 Å². The molecule has 2 aromatic carbocycles. The van der Waals surface area contributed by atoms with Crippen molar-refractivity contribution in [2.75, 3.05) is 45.3 Å². The van der Waals surface area contributed by atoms with E-state index < -0.39 is 29.8 Å². The maximum absolute atomic E-state index is 14.0. The number of rotatable bonds is 10. The second-order valence-corrected chi connectivity index (χ2v) is 9.45. The van der Waals surface area contributed by atoms with Gasteiger partial charge in [-0.05, 0) is 43.7 Å². The van der Waals surface area contributed by atoms with Crippen LogP contribution < -0.4 is 15.4 Å². The molecule has 4 rings (SSSR count). The zero-order valence-electron chi connectivity index (χ0n) is 22.5. The van der Waals surface area contributed by atoms with Crippen molar-refractivity contribution in [3.05, 3.63) is 71.3 Å². The van der Waals surface area contributed by atoms with Gasteiger partial charge in [0.2, 0.25) is 5.88 Å². The third-order valence-corrected chi connectivity index (χ3v) is 6.41. The summed E-state index contributed by atoms with van der Waals surface area (Å²) in [7, 11) is 1.61. The first kappa shape index (κ1) is 33.2. The van der Waals surface area contributed by atoms with Gasteiger partial charge in [0.1, 0.15) is 24.1 Å². The quantitative estimate of drug-likeness (QED) is 0.320. The van der Waals surface area contributed by atoms with Gasteiger partial charge in [-0.2, -0.15) is 0 Å². The number of methoxy groups -OCH3 is 1. The van der Waals surface area contributed by atoms with E-state index in [0.29, 0.717) is 48.9 Å². The average molecular weight is 603 g/mol. The SMILES string of the molecule is COCCN1C[C@@H](NC(=O)Nc2c(C)c(OCC(C)O)nn2-c2ccccc2)[C@H](c2cc(F)cc(F)c2)C1.Cl.Cl. The van der Waals surface area contributed by atoms with E-state index in [0.717, 1.165) is 6.07 Å². The van der Waals surface area contributed by atoms with Crippen LogP contribution in [0.3, 0.4) is 0 Å². The fraction of sp³-hybridized carbons (Fsp3) is 0.407. The molecule has 2 amide bonds. The molecule has 1 aromatic heterocycles. The normalized spacial score (nSPS) is 17.4. The molecule has 0 radical (unpaired) electrons. The fourth-order valence-electron chi connectivity index (χ4n) is 4.59. The number of hydrogen-bond donors (Lipinski definition) is 3. The highest BCUT2D eigenvalue weighted by atomic mass is 35.5. The Morgan fingerprint density at radius 3 is 2.45 bits per heavy atom. The molecule has 9 nitrogen and oxygen atoms in total. The number of aliphatic hydroxyl groups excluding tert-OH is 1. The number of anilines is 1. The molecular weight excluding hydrogens is 567 g/mol. The Kier molecular flexibility index (Phi) is 12.6. The molecule has 1 fully saturated rings. The van der Waals surface area contributed by atoms with E-state index in [2.05, 4.69) is 20.6 Å². The first-order valence-corrected chi connectivity index (χ1v) is 12.5. The summed E-state index contributed by atoms with van der Waals surface area (Å²) < 4.78 is 40.4. The summed E-state index contributed by atoms with van der Waals surface area (Å²) in [5.41, 5.74) is 1.77. The molecular formula is C27H35Cl2F2N5O4. The van der Waals surface area contributed by atoms with Crippen LogP contribution in [0.25, 0.3) is 5.69 Å². The van der Waals surface area contributed by atoms with Crippen molar-refractivity contribution in [2.45, 2.75) is 31.9 Å². The van der Waals surface area contributed by atoms with Gasteiger partial charge in [0.25, 0.3) is 0 Å². The molecule has 1 aliphatic heterocycles. The zero-order chi connectivity index (χ0) is 27.2. The number of benzene rings is 2. The molecule has 2 heterocycles. The maximum Gasteiger partial charge on any atom is 0.320 e. The average Bonchev–Trinajstić information content (AvgIpc) is 3.42. The molecule has 1 unspecified atom stereocenters. The maximum atomic E-state index is 14.0. The lowest BCUT2D eigenvalue weighted by Gasteiger charge is -2.21. The van der Waals surface area contributed by atoms with Crippen LogP contribution in [0.2, 0.25) is 0 Å². The molecule has 40 heavy (non-hydrogen) atoms. The minimum Gasteiger partial charge on any atom is -0.474 e. The Morgan fingerprint density at radius 1 is 1.15 bits per heavy atom. The zero-order valence-corrected chi connectivity index (χ0v) is 24.1. The Labute approximate surface area is 244 Å². The Morgan fingerprint density at radius 2 is 1.82 bits per heavy atom. The molecule has 3 aromatic rings. The summed E-state index contributed by atoms with van der Waals surface area (Å²) >= 11 is 0. The van der Waals surface area contributed by atoms with Gasteiger partial charge in [-0.3, -0.25) is 10.2 Å². The monoisotopic (exact) mass is 601 g/mol. The van der Waals surface area contributed by atoms with Crippen LogP contribution in [0.4, 0.5) is 19.4 Å². The molecule has 0 bridgehead atoms. The highest BCUT2D eigenvalue weighted by Crippen LogP contribution is 2.31. The topological polar surface area (TPSA) is 101 Å². The number of amides is 2. The van der Waals surface area contributed by atoms with Crippen molar-refractivity contribution in [2.24, 2.45) is 0 Å². The van der Waals surface area contributed by atoms with Crippen molar-refractivity contribution in [3.63, 3.8) is 0 Å². The summed E-state index contributed by atoms with van der Waals surface area (Å²) in [6.07, 6.45) is -0.691. The van der Waals surface area contributed by atoms with E-state index in [-0.39, 0.29) is 43.2 Å². The highest BCUT2D eigenvalue weighted by molar-refractivity contribution is 5.90. The Balaban J connectivity index is 0.00000280. The third-order valence-electron chi connectivity index (χ3n) is 6.41. The van der Waals surface area contributed by atoms with E-state index in [1.165, 1.54) is 12.1 Å². The minimum atomic E-state index is -0.691. The molecule has 0 spiro atoms. The number of para-hydroxylation sites is 1. The van der Waals surface area contributed by atoms with Crippen LogP contribution in [0.1, 0.15) is 24.0 Å². The molecule has 3 atom stereocenters. The second kappa shape index (κ2) is 15.2. The van der Waals surface area contributed by atoms with Crippen molar-refractivity contribution in [1.29, 1.82) is 0 Å². The molecule has 0 saturated carbocycles. The Bertz CT molecular complexity index is 1230. The number of carbonyl (C=O) groups is 1. The molecule has 13 heteroatoms. The number of halogens is 4. The predicted molar refractivity (Wildman–Crippen MR) is 153 cm³/mol.